The van der Waals surface area contributed by atoms with Gasteiger partial charge in [0.1, 0.15) is 11.5 Å². The number of aromatic hydroxyl groups is 1. The zero-order valence-electron chi connectivity index (χ0n) is 10.5. The van der Waals surface area contributed by atoms with Gasteiger partial charge in [0, 0.05) is 13.5 Å². The van der Waals surface area contributed by atoms with Crippen molar-refractivity contribution in [3.63, 3.8) is 0 Å². The van der Waals surface area contributed by atoms with Crippen LogP contribution in [0.3, 0.4) is 0 Å². The maximum absolute atomic E-state index is 11.4. The van der Waals surface area contributed by atoms with Crippen LogP contribution in [0.4, 0.5) is 0 Å². The number of methoxy groups -OCH3 is 1. The second-order valence-electron chi connectivity index (χ2n) is 4.33. The van der Waals surface area contributed by atoms with Crippen molar-refractivity contribution in [1.29, 1.82) is 0 Å². The number of hydrogen-bond acceptors (Lipinski definition) is 5. The molecule has 1 aliphatic heterocycles. The lowest BCUT2D eigenvalue weighted by Crippen LogP contribution is -2.33. The third-order valence-corrected chi connectivity index (χ3v) is 3.14. The SMILES string of the molecule is CO[C@@H]1C[C@H](C(=O)O)Oc2ccc(C(C)=O)c(O)c21. The Morgan fingerprint density at radius 3 is 2.63 bits per heavy atom. The highest BCUT2D eigenvalue weighted by Crippen LogP contribution is 2.43. The van der Waals surface area contributed by atoms with Crippen LogP contribution in [-0.2, 0) is 9.53 Å². The number of carboxylic acids is 1. The predicted octanol–water partition coefficient (Wildman–Crippen LogP) is 1.52. The minimum atomic E-state index is -1.09. The van der Waals surface area contributed by atoms with Gasteiger partial charge in [0.25, 0.3) is 0 Å². The largest absolute Gasteiger partial charge is 0.507 e. The number of ether oxygens (including phenoxy) is 2. The fourth-order valence-corrected chi connectivity index (χ4v) is 2.17. The second-order valence-corrected chi connectivity index (χ2v) is 4.33. The van der Waals surface area contributed by atoms with E-state index in [-0.39, 0.29) is 29.3 Å². The summed E-state index contributed by atoms with van der Waals surface area (Å²) in [4.78, 5) is 22.4. The summed E-state index contributed by atoms with van der Waals surface area (Å²) in [5, 5.41) is 19.1. The van der Waals surface area contributed by atoms with E-state index in [4.69, 9.17) is 14.6 Å². The van der Waals surface area contributed by atoms with Crippen molar-refractivity contribution >= 4 is 11.8 Å². The lowest BCUT2D eigenvalue weighted by molar-refractivity contribution is -0.148. The van der Waals surface area contributed by atoms with Gasteiger partial charge in [-0.3, -0.25) is 4.79 Å². The van der Waals surface area contributed by atoms with Gasteiger partial charge in [0.05, 0.1) is 17.2 Å². The van der Waals surface area contributed by atoms with E-state index in [0.717, 1.165) is 0 Å². The third kappa shape index (κ3) is 2.26. The molecule has 0 aliphatic carbocycles. The van der Waals surface area contributed by atoms with E-state index in [0.29, 0.717) is 5.56 Å². The van der Waals surface area contributed by atoms with Crippen molar-refractivity contribution in [2.45, 2.75) is 25.6 Å². The summed E-state index contributed by atoms with van der Waals surface area (Å²) in [5.74, 6) is -1.35. The van der Waals surface area contributed by atoms with Crippen molar-refractivity contribution < 1.29 is 29.3 Å². The summed E-state index contributed by atoms with van der Waals surface area (Å²) in [5.41, 5.74) is 0.492. The highest BCUT2D eigenvalue weighted by Gasteiger charge is 2.35. The molecule has 0 radical (unpaired) electrons. The molecule has 0 spiro atoms. The Balaban J connectivity index is 2.52. The standard InChI is InChI=1S/C13H14O6/c1-6(14)7-3-4-8-11(12(7)15)9(18-2)5-10(19-8)13(16)17/h3-4,9-10,15H,5H2,1-2H3,(H,16,17)/t9-,10-/m1/s1. The van der Waals surface area contributed by atoms with Gasteiger partial charge in [0.2, 0.25) is 0 Å². The topological polar surface area (TPSA) is 93.1 Å². The van der Waals surface area contributed by atoms with Gasteiger partial charge in [0.15, 0.2) is 11.9 Å². The molecule has 1 aromatic carbocycles. The molecule has 2 atom stereocenters. The Kier molecular flexibility index (Phi) is 3.44. The molecule has 2 N–H and O–H groups in total. The molecule has 0 unspecified atom stereocenters. The van der Waals surface area contributed by atoms with Crippen LogP contribution in [0.15, 0.2) is 12.1 Å². The first kappa shape index (κ1) is 13.4. The van der Waals surface area contributed by atoms with Crippen LogP contribution >= 0.6 is 0 Å². The number of rotatable bonds is 3. The Hall–Kier alpha value is -2.08. The van der Waals surface area contributed by atoms with Crippen molar-refractivity contribution in [2.75, 3.05) is 7.11 Å². The van der Waals surface area contributed by atoms with Crippen LogP contribution in [0.25, 0.3) is 0 Å². The van der Waals surface area contributed by atoms with Gasteiger partial charge in [-0.15, -0.1) is 0 Å². The van der Waals surface area contributed by atoms with Crippen molar-refractivity contribution in [2.24, 2.45) is 0 Å². The van der Waals surface area contributed by atoms with Crippen molar-refractivity contribution in [3.05, 3.63) is 23.3 Å². The Bertz CT molecular complexity index is 536. The lowest BCUT2D eigenvalue weighted by Gasteiger charge is -2.30. The third-order valence-electron chi connectivity index (χ3n) is 3.14. The number of Topliss-reactive ketones (excluding diaryl/α,β-unsaturated/α-hetero) is 1. The van der Waals surface area contributed by atoms with E-state index >= 15 is 0 Å². The summed E-state index contributed by atoms with van der Waals surface area (Å²) in [6, 6.07) is 2.89. The molecule has 1 heterocycles. The van der Waals surface area contributed by atoms with E-state index < -0.39 is 18.2 Å². The first-order chi connectivity index (χ1) is 8.95. The molecule has 1 aromatic rings. The molecule has 6 nitrogen and oxygen atoms in total. The molecular formula is C13H14O6. The molecule has 2 rings (SSSR count). The maximum Gasteiger partial charge on any atom is 0.345 e. The molecule has 0 amide bonds. The first-order valence-electron chi connectivity index (χ1n) is 5.74. The minimum Gasteiger partial charge on any atom is -0.507 e. The average molecular weight is 266 g/mol. The van der Waals surface area contributed by atoms with Crippen LogP contribution < -0.4 is 4.74 Å². The number of hydrogen-bond donors (Lipinski definition) is 2. The van der Waals surface area contributed by atoms with Crippen LogP contribution in [0.2, 0.25) is 0 Å². The Morgan fingerprint density at radius 1 is 1.42 bits per heavy atom. The van der Waals surface area contributed by atoms with Gasteiger partial charge in [-0.1, -0.05) is 0 Å². The molecule has 6 heteroatoms. The minimum absolute atomic E-state index is 0.0771. The molecule has 0 saturated carbocycles. The van der Waals surface area contributed by atoms with E-state index in [2.05, 4.69) is 0 Å². The monoisotopic (exact) mass is 266 g/mol. The highest BCUT2D eigenvalue weighted by molar-refractivity contribution is 5.97. The number of phenols is 1. The van der Waals surface area contributed by atoms with Gasteiger partial charge >= 0.3 is 5.97 Å². The molecule has 0 aromatic heterocycles. The summed E-state index contributed by atoms with van der Waals surface area (Å²) < 4.78 is 10.5. The average Bonchev–Trinajstić information content (AvgIpc) is 2.37. The first-order valence-corrected chi connectivity index (χ1v) is 5.74. The number of benzene rings is 1. The van der Waals surface area contributed by atoms with Crippen LogP contribution in [-0.4, -0.2) is 35.2 Å². The number of fused-ring (bicyclic) bond motifs is 1. The number of aliphatic carboxylic acids is 1. The fraction of sp³-hybridized carbons (Fsp3) is 0.385. The van der Waals surface area contributed by atoms with Crippen molar-refractivity contribution in [3.8, 4) is 11.5 Å². The van der Waals surface area contributed by atoms with E-state index in [9.17, 15) is 14.7 Å². The molecule has 0 bridgehead atoms. The fourth-order valence-electron chi connectivity index (χ4n) is 2.17. The van der Waals surface area contributed by atoms with Gasteiger partial charge < -0.3 is 19.7 Å². The number of carboxylic acid groups (broad SMARTS) is 1. The lowest BCUT2D eigenvalue weighted by atomic mass is 9.94. The number of phenolic OH excluding ortho intramolecular Hbond substituents is 1. The van der Waals surface area contributed by atoms with Gasteiger partial charge in [-0.05, 0) is 19.1 Å². The van der Waals surface area contributed by atoms with Crippen LogP contribution in [0.1, 0.15) is 35.4 Å². The number of ketones is 1. The smallest absolute Gasteiger partial charge is 0.345 e. The van der Waals surface area contributed by atoms with E-state index in [1.165, 1.54) is 26.2 Å². The number of carbonyl (C=O) groups excluding carboxylic acids is 1. The van der Waals surface area contributed by atoms with Gasteiger partial charge in [-0.2, -0.15) is 0 Å². The summed E-state index contributed by atoms with van der Waals surface area (Å²) in [6.07, 6.45) is -1.57. The molecule has 1 aliphatic rings. The van der Waals surface area contributed by atoms with E-state index in [1.54, 1.807) is 0 Å². The predicted molar refractivity (Wildman–Crippen MR) is 64.5 cm³/mol. The molecule has 0 fully saturated rings. The van der Waals surface area contributed by atoms with Crippen LogP contribution in [0, 0.1) is 0 Å². The quantitative estimate of drug-likeness (QED) is 0.806. The molecular weight excluding hydrogens is 252 g/mol. The molecule has 102 valence electrons. The molecule has 0 saturated heterocycles. The number of carbonyl (C=O) groups is 2. The normalized spacial score (nSPS) is 21.4. The maximum atomic E-state index is 11.4. The zero-order chi connectivity index (χ0) is 14.2. The highest BCUT2D eigenvalue weighted by atomic mass is 16.5. The summed E-state index contributed by atoms with van der Waals surface area (Å²) >= 11 is 0. The zero-order valence-corrected chi connectivity index (χ0v) is 10.5. The summed E-state index contributed by atoms with van der Waals surface area (Å²) in [7, 11) is 1.42. The van der Waals surface area contributed by atoms with Crippen LogP contribution in [0.5, 0.6) is 11.5 Å². The van der Waals surface area contributed by atoms with Crippen molar-refractivity contribution in [1.82, 2.24) is 0 Å². The van der Waals surface area contributed by atoms with Gasteiger partial charge in [-0.25, -0.2) is 4.79 Å². The Morgan fingerprint density at radius 2 is 2.11 bits per heavy atom. The second kappa shape index (κ2) is 4.89. The summed E-state index contributed by atoms with van der Waals surface area (Å²) in [6.45, 7) is 1.34. The Labute approximate surface area is 109 Å². The molecule has 19 heavy (non-hydrogen) atoms. The van der Waals surface area contributed by atoms with E-state index in [1.807, 2.05) is 0 Å².